The molecule has 0 spiro atoms. The lowest BCUT2D eigenvalue weighted by Gasteiger charge is -2.32. The van der Waals surface area contributed by atoms with E-state index in [1.165, 1.54) is 5.56 Å². The van der Waals surface area contributed by atoms with Crippen LogP contribution in [0.1, 0.15) is 29.5 Å². The standard InChI is InChI=1S/C22H25ClN2O/c1-17-7-8-18(15-21(17)23)9-10-22(26)24-20-11-13-25(14-12-20)16-19-5-3-2-4-6-19/h2-10,15,20H,11-14,16H2,1H3,(H,24,26)/b10-9+. The van der Waals surface area contributed by atoms with Crippen molar-refractivity contribution in [1.82, 2.24) is 10.2 Å². The van der Waals surface area contributed by atoms with Gasteiger partial charge in [-0.3, -0.25) is 9.69 Å². The van der Waals surface area contributed by atoms with E-state index in [2.05, 4.69) is 34.5 Å². The van der Waals surface area contributed by atoms with Crippen molar-refractivity contribution in [3.63, 3.8) is 0 Å². The summed E-state index contributed by atoms with van der Waals surface area (Å²) in [5, 5.41) is 3.83. The number of benzene rings is 2. The van der Waals surface area contributed by atoms with E-state index in [4.69, 9.17) is 11.6 Å². The van der Waals surface area contributed by atoms with Gasteiger partial charge < -0.3 is 5.32 Å². The first-order valence-electron chi connectivity index (χ1n) is 9.11. The van der Waals surface area contributed by atoms with E-state index in [0.717, 1.165) is 48.6 Å². The molecule has 2 aromatic carbocycles. The predicted octanol–water partition coefficient (Wildman–Crippen LogP) is 4.44. The molecule has 3 rings (SSSR count). The molecule has 1 saturated heterocycles. The Bertz CT molecular complexity index is 765. The molecule has 0 atom stereocenters. The fraction of sp³-hybridized carbons (Fsp3) is 0.318. The molecule has 1 aliphatic heterocycles. The largest absolute Gasteiger partial charge is 0.350 e. The van der Waals surface area contributed by atoms with Gasteiger partial charge in [0.05, 0.1) is 0 Å². The Morgan fingerprint density at radius 1 is 1.19 bits per heavy atom. The van der Waals surface area contributed by atoms with Crippen LogP contribution in [-0.4, -0.2) is 29.9 Å². The van der Waals surface area contributed by atoms with Crippen LogP contribution in [-0.2, 0) is 11.3 Å². The molecule has 2 aromatic rings. The minimum Gasteiger partial charge on any atom is -0.350 e. The third-order valence-electron chi connectivity index (χ3n) is 4.81. The highest BCUT2D eigenvalue weighted by molar-refractivity contribution is 6.31. The smallest absolute Gasteiger partial charge is 0.244 e. The van der Waals surface area contributed by atoms with Gasteiger partial charge in [0.25, 0.3) is 0 Å². The van der Waals surface area contributed by atoms with Gasteiger partial charge in [-0.1, -0.05) is 54.1 Å². The van der Waals surface area contributed by atoms with Crippen molar-refractivity contribution < 1.29 is 4.79 Å². The Morgan fingerprint density at radius 3 is 2.62 bits per heavy atom. The first-order valence-corrected chi connectivity index (χ1v) is 9.49. The average molecular weight is 369 g/mol. The molecule has 0 radical (unpaired) electrons. The number of likely N-dealkylation sites (tertiary alicyclic amines) is 1. The van der Waals surface area contributed by atoms with Gasteiger partial charge in [-0.25, -0.2) is 0 Å². The van der Waals surface area contributed by atoms with E-state index in [-0.39, 0.29) is 11.9 Å². The molecule has 4 heteroatoms. The molecule has 3 nitrogen and oxygen atoms in total. The Morgan fingerprint density at radius 2 is 1.92 bits per heavy atom. The topological polar surface area (TPSA) is 32.3 Å². The Hall–Kier alpha value is -2.10. The van der Waals surface area contributed by atoms with Gasteiger partial charge in [-0.05, 0) is 48.6 Å². The third kappa shape index (κ3) is 5.45. The number of aryl methyl sites for hydroxylation is 1. The maximum absolute atomic E-state index is 12.2. The highest BCUT2D eigenvalue weighted by atomic mass is 35.5. The molecular weight excluding hydrogens is 344 g/mol. The summed E-state index contributed by atoms with van der Waals surface area (Å²) in [6, 6.07) is 16.6. The summed E-state index contributed by atoms with van der Waals surface area (Å²) in [5.74, 6) is -0.0387. The molecule has 1 N–H and O–H groups in total. The molecule has 1 amide bonds. The number of amides is 1. The van der Waals surface area contributed by atoms with E-state index in [0.29, 0.717) is 0 Å². The summed E-state index contributed by atoms with van der Waals surface area (Å²) in [6.45, 7) is 4.97. The van der Waals surface area contributed by atoms with Crippen LogP contribution in [0.2, 0.25) is 5.02 Å². The summed E-state index contributed by atoms with van der Waals surface area (Å²) in [4.78, 5) is 14.6. The lowest BCUT2D eigenvalue weighted by atomic mass is 10.0. The highest BCUT2D eigenvalue weighted by Gasteiger charge is 2.19. The zero-order valence-corrected chi connectivity index (χ0v) is 15.9. The van der Waals surface area contributed by atoms with Gasteiger partial charge >= 0.3 is 0 Å². The SMILES string of the molecule is Cc1ccc(/C=C/C(=O)NC2CCN(Cc3ccccc3)CC2)cc1Cl. The van der Waals surface area contributed by atoms with Gasteiger partial charge in [0, 0.05) is 36.8 Å². The zero-order chi connectivity index (χ0) is 18.4. The number of carbonyl (C=O) groups excluding carboxylic acids is 1. The monoisotopic (exact) mass is 368 g/mol. The van der Waals surface area contributed by atoms with Gasteiger partial charge in [0.1, 0.15) is 0 Å². The average Bonchev–Trinajstić information content (AvgIpc) is 2.65. The molecule has 1 heterocycles. The number of piperidine rings is 1. The normalized spacial score (nSPS) is 16.1. The molecule has 1 aliphatic rings. The van der Waals surface area contributed by atoms with Gasteiger partial charge in [-0.2, -0.15) is 0 Å². The van der Waals surface area contributed by atoms with Crippen molar-refractivity contribution in [3.8, 4) is 0 Å². The molecular formula is C22H25ClN2O. The summed E-state index contributed by atoms with van der Waals surface area (Å²) >= 11 is 6.12. The van der Waals surface area contributed by atoms with Crippen LogP contribution >= 0.6 is 11.6 Å². The fourth-order valence-electron chi connectivity index (χ4n) is 3.21. The van der Waals surface area contributed by atoms with E-state index < -0.39 is 0 Å². The van der Waals surface area contributed by atoms with Crippen LogP contribution in [0, 0.1) is 6.92 Å². The molecule has 0 saturated carbocycles. The number of rotatable bonds is 5. The second-order valence-electron chi connectivity index (χ2n) is 6.89. The predicted molar refractivity (Wildman–Crippen MR) is 108 cm³/mol. The number of hydrogen-bond acceptors (Lipinski definition) is 2. The molecule has 0 aromatic heterocycles. The second kappa shape index (κ2) is 9.02. The summed E-state index contributed by atoms with van der Waals surface area (Å²) in [7, 11) is 0. The van der Waals surface area contributed by atoms with E-state index in [1.807, 2.05) is 37.3 Å². The first kappa shape index (κ1) is 18.7. The second-order valence-corrected chi connectivity index (χ2v) is 7.29. The number of carbonyl (C=O) groups is 1. The molecule has 0 unspecified atom stereocenters. The lowest BCUT2D eigenvalue weighted by Crippen LogP contribution is -2.43. The Kier molecular flexibility index (Phi) is 6.48. The number of halogens is 1. The van der Waals surface area contributed by atoms with Crippen molar-refractivity contribution in [2.24, 2.45) is 0 Å². The molecule has 0 aliphatic carbocycles. The van der Waals surface area contributed by atoms with E-state index in [9.17, 15) is 4.79 Å². The van der Waals surface area contributed by atoms with E-state index in [1.54, 1.807) is 6.08 Å². The zero-order valence-electron chi connectivity index (χ0n) is 15.1. The van der Waals surface area contributed by atoms with Crippen LogP contribution in [0.4, 0.5) is 0 Å². The summed E-state index contributed by atoms with van der Waals surface area (Å²) in [5.41, 5.74) is 3.32. The van der Waals surface area contributed by atoms with Gasteiger partial charge in [-0.15, -0.1) is 0 Å². The molecule has 0 bridgehead atoms. The molecule has 26 heavy (non-hydrogen) atoms. The number of hydrogen-bond donors (Lipinski definition) is 1. The van der Waals surface area contributed by atoms with Crippen LogP contribution < -0.4 is 5.32 Å². The highest BCUT2D eigenvalue weighted by Crippen LogP contribution is 2.18. The summed E-state index contributed by atoms with van der Waals surface area (Å²) < 4.78 is 0. The van der Waals surface area contributed by atoms with Crippen molar-refractivity contribution in [2.45, 2.75) is 32.4 Å². The first-order chi connectivity index (χ1) is 12.6. The van der Waals surface area contributed by atoms with Crippen LogP contribution in [0.25, 0.3) is 6.08 Å². The maximum Gasteiger partial charge on any atom is 0.244 e. The van der Waals surface area contributed by atoms with Crippen molar-refractivity contribution in [3.05, 3.63) is 76.3 Å². The third-order valence-corrected chi connectivity index (χ3v) is 5.21. The molecule has 136 valence electrons. The lowest BCUT2D eigenvalue weighted by molar-refractivity contribution is -0.117. The van der Waals surface area contributed by atoms with Crippen molar-refractivity contribution >= 4 is 23.6 Å². The number of nitrogens with zero attached hydrogens (tertiary/aromatic N) is 1. The fourth-order valence-corrected chi connectivity index (χ4v) is 3.40. The van der Waals surface area contributed by atoms with Crippen molar-refractivity contribution in [2.75, 3.05) is 13.1 Å². The van der Waals surface area contributed by atoms with Crippen LogP contribution in [0.5, 0.6) is 0 Å². The Balaban J connectivity index is 1.44. The van der Waals surface area contributed by atoms with Crippen LogP contribution in [0.3, 0.4) is 0 Å². The maximum atomic E-state index is 12.2. The van der Waals surface area contributed by atoms with Crippen LogP contribution in [0.15, 0.2) is 54.6 Å². The quantitative estimate of drug-likeness (QED) is 0.791. The van der Waals surface area contributed by atoms with Crippen molar-refractivity contribution in [1.29, 1.82) is 0 Å². The minimum absolute atomic E-state index is 0.0387. The Labute approximate surface area is 160 Å². The van der Waals surface area contributed by atoms with E-state index >= 15 is 0 Å². The van der Waals surface area contributed by atoms with Gasteiger partial charge in [0.2, 0.25) is 5.91 Å². The number of nitrogens with one attached hydrogen (secondary N) is 1. The van der Waals surface area contributed by atoms with Gasteiger partial charge in [0.15, 0.2) is 0 Å². The minimum atomic E-state index is -0.0387. The molecule has 1 fully saturated rings. The summed E-state index contributed by atoms with van der Waals surface area (Å²) in [6.07, 6.45) is 5.38.